The highest BCUT2D eigenvalue weighted by atomic mass is 16.1. The quantitative estimate of drug-likeness (QED) is 0.640. The van der Waals surface area contributed by atoms with Gasteiger partial charge in [0.15, 0.2) is 0 Å². The van der Waals surface area contributed by atoms with Gasteiger partial charge < -0.3 is 5.73 Å². The van der Waals surface area contributed by atoms with Gasteiger partial charge in [-0.25, -0.2) is 0 Å². The first kappa shape index (κ1) is 7.80. The van der Waals surface area contributed by atoms with Crippen LogP contribution in [0.3, 0.4) is 0 Å². The lowest BCUT2D eigenvalue weighted by Crippen LogP contribution is -2.06. The van der Waals surface area contributed by atoms with Gasteiger partial charge in [-0.15, -0.1) is 0 Å². The number of hydrogen-bond donors (Lipinski definition) is 1. The van der Waals surface area contributed by atoms with Gasteiger partial charge in [-0.05, 0) is 16.7 Å². The van der Waals surface area contributed by atoms with Crippen molar-refractivity contribution >= 4 is 17.6 Å². The molecule has 0 saturated heterocycles. The summed E-state index contributed by atoms with van der Waals surface area (Å²) in [5.74, 6) is -0.406. The van der Waals surface area contributed by atoms with E-state index in [4.69, 9.17) is 5.73 Å². The number of hydrogen-bond acceptors (Lipinski definition) is 1. The molecule has 64 valence electrons. The molecule has 2 rings (SSSR count). The average molecular weight is 171 g/mol. The van der Waals surface area contributed by atoms with E-state index in [9.17, 15) is 4.79 Å². The molecule has 0 heterocycles. The molecule has 13 heavy (non-hydrogen) atoms. The molecule has 1 amide bonds. The number of primary amides is 1. The smallest absolute Gasteiger partial charge is 0.242 e. The fourth-order valence-corrected chi connectivity index (χ4v) is 1.45. The Labute approximate surface area is 76.4 Å². The lowest BCUT2D eigenvalue weighted by Gasteiger charge is -1.98. The Bertz CT molecular complexity index is 416. The van der Waals surface area contributed by atoms with Gasteiger partial charge in [0.25, 0.3) is 0 Å². The summed E-state index contributed by atoms with van der Waals surface area (Å²) in [6, 6.07) is 7.90. The monoisotopic (exact) mass is 171 g/mol. The van der Waals surface area contributed by atoms with E-state index < -0.39 is 5.91 Å². The number of carbonyl (C=O) groups excluding carboxylic acids is 1. The molecule has 2 N–H and O–H groups in total. The van der Waals surface area contributed by atoms with Crippen LogP contribution in [0.25, 0.3) is 11.6 Å². The standard InChI is InChI=1S/C11H9NO/c12-11(13)7-9-6-5-8-3-1-2-4-10(8)9/h1-7H,(H2,12,13)/b9-7+. The van der Waals surface area contributed by atoms with E-state index in [0.29, 0.717) is 0 Å². The van der Waals surface area contributed by atoms with Gasteiger partial charge >= 0.3 is 0 Å². The Balaban J connectivity index is 2.50. The van der Waals surface area contributed by atoms with Crippen molar-refractivity contribution in [1.82, 2.24) is 0 Å². The second-order valence-corrected chi connectivity index (χ2v) is 2.92. The van der Waals surface area contributed by atoms with Crippen molar-refractivity contribution in [3.63, 3.8) is 0 Å². The maximum absolute atomic E-state index is 10.7. The van der Waals surface area contributed by atoms with Crippen LogP contribution in [-0.4, -0.2) is 5.91 Å². The van der Waals surface area contributed by atoms with E-state index in [0.717, 1.165) is 16.7 Å². The van der Waals surface area contributed by atoms with Crippen LogP contribution >= 0.6 is 0 Å². The molecule has 1 aliphatic rings. The molecular formula is C11H9NO. The molecule has 0 spiro atoms. The van der Waals surface area contributed by atoms with Crippen LogP contribution in [0, 0.1) is 0 Å². The predicted octanol–water partition coefficient (Wildman–Crippen LogP) is 1.58. The number of benzene rings is 1. The fraction of sp³-hybridized carbons (Fsp3) is 0. The lowest BCUT2D eigenvalue weighted by atomic mass is 10.1. The Hall–Kier alpha value is -1.83. The zero-order chi connectivity index (χ0) is 9.26. The molecular weight excluding hydrogens is 162 g/mol. The number of allylic oxidation sites excluding steroid dienone is 2. The van der Waals surface area contributed by atoms with Gasteiger partial charge in [0, 0.05) is 6.08 Å². The summed E-state index contributed by atoms with van der Waals surface area (Å²) in [6.07, 6.45) is 5.32. The zero-order valence-corrected chi connectivity index (χ0v) is 7.03. The van der Waals surface area contributed by atoms with E-state index in [1.54, 1.807) is 0 Å². The molecule has 0 radical (unpaired) electrons. The average Bonchev–Trinajstić information content (AvgIpc) is 2.48. The van der Waals surface area contributed by atoms with Crippen molar-refractivity contribution in [2.45, 2.75) is 0 Å². The molecule has 0 saturated carbocycles. The Morgan fingerprint density at radius 2 is 2.00 bits per heavy atom. The molecule has 0 bridgehead atoms. The molecule has 1 aromatic carbocycles. The number of nitrogens with two attached hydrogens (primary N) is 1. The lowest BCUT2D eigenvalue weighted by molar-refractivity contribution is -0.113. The maximum Gasteiger partial charge on any atom is 0.242 e. The van der Waals surface area contributed by atoms with E-state index in [1.807, 2.05) is 36.4 Å². The summed E-state index contributed by atoms with van der Waals surface area (Å²) in [6.45, 7) is 0. The topological polar surface area (TPSA) is 43.1 Å². The molecule has 1 aliphatic carbocycles. The van der Waals surface area contributed by atoms with Gasteiger partial charge in [-0.2, -0.15) is 0 Å². The van der Waals surface area contributed by atoms with Crippen LogP contribution < -0.4 is 5.73 Å². The highest BCUT2D eigenvalue weighted by Crippen LogP contribution is 2.28. The molecule has 0 fully saturated rings. The minimum absolute atomic E-state index is 0.406. The molecule has 0 unspecified atom stereocenters. The summed E-state index contributed by atoms with van der Waals surface area (Å²) < 4.78 is 0. The summed E-state index contributed by atoms with van der Waals surface area (Å²) >= 11 is 0. The minimum Gasteiger partial charge on any atom is -0.366 e. The normalized spacial score (nSPS) is 16.2. The van der Waals surface area contributed by atoms with Gasteiger partial charge in [0.2, 0.25) is 5.91 Å². The van der Waals surface area contributed by atoms with Gasteiger partial charge in [0.1, 0.15) is 0 Å². The van der Waals surface area contributed by atoms with Crippen LogP contribution in [0.5, 0.6) is 0 Å². The molecule has 1 aromatic rings. The van der Waals surface area contributed by atoms with Crippen LogP contribution in [0.2, 0.25) is 0 Å². The first-order valence-corrected chi connectivity index (χ1v) is 4.06. The van der Waals surface area contributed by atoms with Crippen molar-refractivity contribution in [2.75, 3.05) is 0 Å². The Morgan fingerprint density at radius 3 is 2.77 bits per heavy atom. The first-order chi connectivity index (χ1) is 6.27. The number of carbonyl (C=O) groups is 1. The van der Waals surface area contributed by atoms with Crippen LogP contribution in [0.15, 0.2) is 36.4 Å². The largest absolute Gasteiger partial charge is 0.366 e. The van der Waals surface area contributed by atoms with Gasteiger partial charge in [0.05, 0.1) is 0 Å². The molecule has 0 aliphatic heterocycles. The third kappa shape index (κ3) is 1.38. The summed E-state index contributed by atoms with van der Waals surface area (Å²) in [4.78, 5) is 10.7. The molecule has 0 aromatic heterocycles. The third-order valence-corrected chi connectivity index (χ3v) is 2.01. The number of rotatable bonds is 1. The fourth-order valence-electron chi connectivity index (χ4n) is 1.45. The van der Waals surface area contributed by atoms with Crippen molar-refractivity contribution in [2.24, 2.45) is 5.73 Å². The SMILES string of the molecule is NC(=O)/C=C1\C=Cc2ccccc21. The van der Waals surface area contributed by atoms with Crippen LogP contribution in [0.4, 0.5) is 0 Å². The Morgan fingerprint density at radius 1 is 1.23 bits per heavy atom. The van der Waals surface area contributed by atoms with Crippen molar-refractivity contribution in [3.8, 4) is 0 Å². The maximum atomic E-state index is 10.7. The third-order valence-electron chi connectivity index (χ3n) is 2.01. The van der Waals surface area contributed by atoms with Crippen LogP contribution in [0.1, 0.15) is 11.1 Å². The van der Waals surface area contributed by atoms with E-state index >= 15 is 0 Å². The van der Waals surface area contributed by atoms with E-state index in [1.165, 1.54) is 6.08 Å². The predicted molar refractivity (Wildman–Crippen MR) is 52.6 cm³/mol. The molecule has 2 heteroatoms. The van der Waals surface area contributed by atoms with E-state index in [-0.39, 0.29) is 0 Å². The molecule has 2 nitrogen and oxygen atoms in total. The highest BCUT2D eigenvalue weighted by molar-refractivity contribution is 6.01. The van der Waals surface area contributed by atoms with Crippen molar-refractivity contribution < 1.29 is 4.79 Å². The van der Waals surface area contributed by atoms with Gasteiger partial charge in [-0.3, -0.25) is 4.79 Å². The first-order valence-electron chi connectivity index (χ1n) is 4.06. The van der Waals surface area contributed by atoms with Crippen LogP contribution in [-0.2, 0) is 4.79 Å². The second-order valence-electron chi connectivity index (χ2n) is 2.92. The van der Waals surface area contributed by atoms with Gasteiger partial charge in [-0.1, -0.05) is 36.4 Å². The highest BCUT2D eigenvalue weighted by Gasteiger charge is 2.09. The van der Waals surface area contributed by atoms with Crippen molar-refractivity contribution in [1.29, 1.82) is 0 Å². The molecule has 0 atom stereocenters. The number of amides is 1. The Kier molecular flexibility index (Phi) is 1.74. The number of fused-ring (bicyclic) bond motifs is 1. The zero-order valence-electron chi connectivity index (χ0n) is 7.03. The summed E-state index contributed by atoms with van der Waals surface area (Å²) in [5.41, 5.74) is 8.18. The minimum atomic E-state index is -0.406. The summed E-state index contributed by atoms with van der Waals surface area (Å²) in [7, 11) is 0. The van der Waals surface area contributed by atoms with Crippen molar-refractivity contribution in [3.05, 3.63) is 47.5 Å². The second kappa shape index (κ2) is 2.90. The summed E-state index contributed by atoms with van der Waals surface area (Å²) in [5, 5.41) is 0. The van der Waals surface area contributed by atoms with E-state index in [2.05, 4.69) is 0 Å².